The van der Waals surface area contributed by atoms with E-state index in [4.69, 9.17) is 15.2 Å². The molecule has 1 aromatic carbocycles. The molecule has 1 amide bonds. The number of nitro groups is 1. The Kier molecular flexibility index (Phi) is 6.41. The molecule has 1 rings (SSSR count). The molecule has 0 aliphatic rings. The highest BCUT2D eigenvalue weighted by Gasteiger charge is 2.18. The number of nitro benzene ring substituents is 1. The largest absolute Gasteiger partial charge is 0.497 e. The molecule has 0 fully saturated rings. The number of carbonyl (C=O) groups excluding carboxylic acids is 1. The second-order valence-corrected chi connectivity index (χ2v) is 4.24. The highest BCUT2D eigenvalue weighted by atomic mass is 16.6. The van der Waals surface area contributed by atoms with Gasteiger partial charge in [0.2, 0.25) is 11.7 Å². The normalized spacial score (nSPS) is 11.7. The van der Waals surface area contributed by atoms with Gasteiger partial charge in [-0.25, -0.2) is 0 Å². The van der Waals surface area contributed by atoms with Crippen LogP contribution in [0, 0.1) is 10.1 Å². The van der Waals surface area contributed by atoms with E-state index in [0.29, 0.717) is 18.7 Å². The monoisotopic (exact) mass is 297 g/mol. The molecule has 116 valence electrons. The van der Waals surface area contributed by atoms with Crippen molar-refractivity contribution in [3.05, 3.63) is 28.3 Å². The first kappa shape index (κ1) is 16.7. The highest BCUT2D eigenvalue weighted by molar-refractivity contribution is 5.79. The van der Waals surface area contributed by atoms with Crippen LogP contribution in [-0.2, 0) is 4.79 Å². The van der Waals surface area contributed by atoms with Crippen molar-refractivity contribution in [2.45, 2.75) is 19.4 Å². The van der Waals surface area contributed by atoms with Crippen LogP contribution in [0.2, 0.25) is 0 Å². The summed E-state index contributed by atoms with van der Waals surface area (Å²) < 4.78 is 10.4. The van der Waals surface area contributed by atoms with Crippen LogP contribution in [0.5, 0.6) is 11.5 Å². The third-order valence-electron chi connectivity index (χ3n) is 2.82. The molecule has 0 saturated heterocycles. The zero-order chi connectivity index (χ0) is 15.8. The van der Waals surface area contributed by atoms with Gasteiger partial charge in [-0.15, -0.1) is 0 Å². The van der Waals surface area contributed by atoms with E-state index < -0.39 is 16.9 Å². The Morgan fingerprint density at radius 3 is 2.76 bits per heavy atom. The van der Waals surface area contributed by atoms with Crippen molar-refractivity contribution < 1.29 is 19.2 Å². The minimum Gasteiger partial charge on any atom is -0.497 e. The third-order valence-corrected chi connectivity index (χ3v) is 2.82. The Balaban J connectivity index is 2.73. The molecule has 0 spiro atoms. The molecule has 1 aromatic rings. The third kappa shape index (κ3) is 4.92. The Morgan fingerprint density at radius 1 is 1.52 bits per heavy atom. The zero-order valence-electron chi connectivity index (χ0n) is 12.0. The van der Waals surface area contributed by atoms with E-state index in [-0.39, 0.29) is 18.0 Å². The van der Waals surface area contributed by atoms with Crippen LogP contribution in [0.1, 0.15) is 13.3 Å². The van der Waals surface area contributed by atoms with Crippen LogP contribution in [0.25, 0.3) is 0 Å². The number of hydrogen-bond acceptors (Lipinski definition) is 6. The fraction of sp³-hybridized carbons (Fsp3) is 0.462. The fourth-order valence-electron chi connectivity index (χ4n) is 1.77. The van der Waals surface area contributed by atoms with E-state index in [2.05, 4.69) is 5.32 Å². The number of nitrogens with one attached hydrogen (secondary N) is 1. The van der Waals surface area contributed by atoms with Gasteiger partial charge in [0.05, 0.1) is 24.7 Å². The SMILES string of the molecule is CCNC(CCOc1cc(OC)ccc1[N+](=O)[O-])C(N)=O. The van der Waals surface area contributed by atoms with Crippen LogP contribution >= 0.6 is 0 Å². The van der Waals surface area contributed by atoms with Gasteiger partial charge in [-0.2, -0.15) is 0 Å². The Labute approximate surface area is 122 Å². The number of nitrogens with zero attached hydrogens (tertiary/aromatic N) is 1. The van der Waals surface area contributed by atoms with E-state index in [1.165, 1.54) is 25.3 Å². The number of benzene rings is 1. The molecule has 0 radical (unpaired) electrons. The number of primary amides is 1. The molecule has 0 aliphatic carbocycles. The lowest BCUT2D eigenvalue weighted by atomic mass is 10.2. The summed E-state index contributed by atoms with van der Waals surface area (Å²) in [6.45, 7) is 2.56. The first-order valence-electron chi connectivity index (χ1n) is 6.47. The molecule has 3 N–H and O–H groups in total. The lowest BCUT2D eigenvalue weighted by Crippen LogP contribution is -2.42. The maximum absolute atomic E-state index is 11.2. The van der Waals surface area contributed by atoms with E-state index >= 15 is 0 Å². The Bertz CT molecular complexity index is 507. The average molecular weight is 297 g/mol. The molecular weight excluding hydrogens is 278 g/mol. The van der Waals surface area contributed by atoms with Gasteiger partial charge in [-0.3, -0.25) is 14.9 Å². The fourth-order valence-corrected chi connectivity index (χ4v) is 1.77. The van der Waals surface area contributed by atoms with Crippen molar-refractivity contribution in [3.8, 4) is 11.5 Å². The van der Waals surface area contributed by atoms with Gasteiger partial charge >= 0.3 is 5.69 Å². The topological polar surface area (TPSA) is 117 Å². The van der Waals surface area contributed by atoms with Crippen molar-refractivity contribution in [3.63, 3.8) is 0 Å². The summed E-state index contributed by atoms with van der Waals surface area (Å²) in [6, 6.07) is 3.70. The maximum atomic E-state index is 11.2. The molecule has 0 heterocycles. The summed E-state index contributed by atoms with van der Waals surface area (Å²) in [5.41, 5.74) is 5.08. The number of methoxy groups -OCH3 is 1. The molecule has 0 saturated carbocycles. The van der Waals surface area contributed by atoms with Crippen molar-refractivity contribution >= 4 is 11.6 Å². The molecule has 0 bridgehead atoms. The summed E-state index contributed by atoms with van der Waals surface area (Å²) in [7, 11) is 1.46. The quantitative estimate of drug-likeness (QED) is 0.515. The number of carbonyl (C=O) groups is 1. The van der Waals surface area contributed by atoms with E-state index in [1.54, 1.807) is 0 Å². The van der Waals surface area contributed by atoms with Crippen molar-refractivity contribution in [2.24, 2.45) is 5.73 Å². The van der Waals surface area contributed by atoms with Gasteiger partial charge in [0.25, 0.3) is 0 Å². The van der Waals surface area contributed by atoms with Gasteiger partial charge < -0.3 is 20.5 Å². The Hall–Kier alpha value is -2.35. The van der Waals surface area contributed by atoms with Crippen LogP contribution in [0.15, 0.2) is 18.2 Å². The van der Waals surface area contributed by atoms with Gasteiger partial charge in [-0.1, -0.05) is 6.92 Å². The number of hydrogen-bond donors (Lipinski definition) is 2. The summed E-state index contributed by atoms with van der Waals surface area (Å²) in [5, 5.41) is 13.8. The van der Waals surface area contributed by atoms with Crippen LogP contribution < -0.4 is 20.5 Å². The number of nitrogens with two attached hydrogens (primary N) is 1. The number of ether oxygens (including phenoxy) is 2. The summed E-state index contributed by atoms with van der Waals surface area (Å²) in [4.78, 5) is 21.6. The number of amides is 1. The summed E-state index contributed by atoms with van der Waals surface area (Å²) >= 11 is 0. The van der Waals surface area contributed by atoms with Crippen LogP contribution in [0.3, 0.4) is 0 Å². The standard InChI is InChI=1S/C13H19N3O5/c1-3-15-10(13(14)17)6-7-21-12-8-9(20-2)4-5-11(12)16(18)19/h4-5,8,10,15H,3,6-7H2,1-2H3,(H2,14,17). The van der Waals surface area contributed by atoms with Crippen molar-refractivity contribution in [2.75, 3.05) is 20.3 Å². The molecule has 1 unspecified atom stereocenters. The minimum absolute atomic E-state index is 0.0964. The van der Waals surface area contributed by atoms with E-state index in [9.17, 15) is 14.9 Å². The number of rotatable bonds is 9. The summed E-state index contributed by atoms with van der Waals surface area (Å²) in [6.07, 6.45) is 0.317. The second kappa shape index (κ2) is 8.05. The molecule has 1 atom stereocenters. The summed E-state index contributed by atoms with van der Waals surface area (Å²) in [5.74, 6) is 0.0633. The minimum atomic E-state index is -0.537. The predicted molar refractivity (Wildman–Crippen MR) is 76.4 cm³/mol. The number of likely N-dealkylation sites (N-methyl/N-ethyl adjacent to an activating group) is 1. The van der Waals surface area contributed by atoms with E-state index in [1.807, 2.05) is 6.92 Å². The van der Waals surface area contributed by atoms with Crippen molar-refractivity contribution in [1.29, 1.82) is 0 Å². The highest BCUT2D eigenvalue weighted by Crippen LogP contribution is 2.31. The van der Waals surface area contributed by atoms with E-state index in [0.717, 1.165) is 0 Å². The van der Waals surface area contributed by atoms with Crippen molar-refractivity contribution in [1.82, 2.24) is 5.32 Å². The molecule has 0 aliphatic heterocycles. The smallest absolute Gasteiger partial charge is 0.311 e. The van der Waals surface area contributed by atoms with Gasteiger partial charge in [0.15, 0.2) is 0 Å². The van der Waals surface area contributed by atoms with Gasteiger partial charge in [0.1, 0.15) is 5.75 Å². The van der Waals surface area contributed by atoms with Crippen LogP contribution in [0.4, 0.5) is 5.69 Å². The first-order valence-corrected chi connectivity index (χ1v) is 6.47. The van der Waals surface area contributed by atoms with Gasteiger partial charge in [-0.05, 0) is 12.6 Å². The molecule has 8 nitrogen and oxygen atoms in total. The predicted octanol–water partition coefficient (Wildman–Crippen LogP) is 0.836. The first-order chi connectivity index (χ1) is 9.99. The van der Waals surface area contributed by atoms with Crippen LogP contribution in [-0.4, -0.2) is 37.1 Å². The average Bonchev–Trinajstić information content (AvgIpc) is 2.45. The molecule has 8 heteroatoms. The molecular formula is C13H19N3O5. The maximum Gasteiger partial charge on any atom is 0.311 e. The van der Waals surface area contributed by atoms with Gasteiger partial charge in [0, 0.05) is 18.6 Å². The molecule has 0 aromatic heterocycles. The lowest BCUT2D eigenvalue weighted by Gasteiger charge is -2.14. The molecule has 21 heavy (non-hydrogen) atoms. The zero-order valence-corrected chi connectivity index (χ0v) is 12.0. The Morgan fingerprint density at radius 2 is 2.24 bits per heavy atom. The lowest BCUT2D eigenvalue weighted by molar-refractivity contribution is -0.385. The second-order valence-electron chi connectivity index (χ2n) is 4.24.